The van der Waals surface area contributed by atoms with Crippen molar-refractivity contribution >= 4 is 38.9 Å². The van der Waals surface area contributed by atoms with E-state index in [1.165, 1.54) is 17.0 Å². The topological polar surface area (TPSA) is 104 Å². The first-order chi connectivity index (χ1) is 18.0. The zero-order valence-corrected chi connectivity index (χ0v) is 23.2. The van der Waals surface area contributed by atoms with Crippen molar-refractivity contribution in [2.75, 3.05) is 26.2 Å². The van der Waals surface area contributed by atoms with E-state index in [0.717, 1.165) is 16.9 Å². The Morgan fingerprint density at radius 2 is 1.45 bits per heavy atom. The van der Waals surface area contributed by atoms with Crippen LogP contribution in [0.4, 0.5) is 0 Å². The van der Waals surface area contributed by atoms with Crippen molar-refractivity contribution in [2.24, 2.45) is 0 Å². The Labute approximate surface area is 227 Å². The van der Waals surface area contributed by atoms with Gasteiger partial charge in [0.05, 0.1) is 9.77 Å². The summed E-state index contributed by atoms with van der Waals surface area (Å²) in [5, 5.41) is 2.36. The highest BCUT2D eigenvalue weighted by Gasteiger charge is 2.39. The number of piperazine rings is 1. The molecule has 3 aromatic rings. The molecular formula is C28H31N3O5S2. The van der Waals surface area contributed by atoms with Gasteiger partial charge < -0.3 is 15.1 Å². The number of hydrogen-bond donors (Lipinski definition) is 1. The fourth-order valence-electron chi connectivity index (χ4n) is 4.21. The fraction of sp³-hybridized carbons (Fsp3) is 0.321. The van der Waals surface area contributed by atoms with Crippen LogP contribution >= 0.6 is 11.3 Å². The summed E-state index contributed by atoms with van der Waals surface area (Å²) in [6, 6.07) is 18.3. The van der Waals surface area contributed by atoms with Gasteiger partial charge in [-0.05, 0) is 46.7 Å². The number of nitrogens with zero attached hydrogens (tertiary/aromatic N) is 2. The van der Waals surface area contributed by atoms with E-state index in [9.17, 15) is 22.8 Å². The summed E-state index contributed by atoms with van der Waals surface area (Å²) in [5.74, 6) is -1.50. The molecule has 1 unspecified atom stereocenters. The number of thiophene rings is 1. The van der Waals surface area contributed by atoms with E-state index in [4.69, 9.17) is 0 Å². The normalized spacial score (nSPS) is 15.1. The molecule has 38 heavy (non-hydrogen) atoms. The lowest BCUT2D eigenvalue weighted by molar-refractivity contribution is -0.132. The number of carbonyl (C=O) groups excluding carboxylic acids is 3. The predicted molar refractivity (Wildman–Crippen MR) is 147 cm³/mol. The van der Waals surface area contributed by atoms with E-state index >= 15 is 0 Å². The average Bonchev–Trinajstić information content (AvgIpc) is 3.46. The van der Waals surface area contributed by atoms with E-state index in [-0.39, 0.29) is 42.4 Å². The molecule has 4 rings (SSSR count). The summed E-state index contributed by atoms with van der Waals surface area (Å²) in [7, 11) is -4.22. The van der Waals surface area contributed by atoms with Gasteiger partial charge in [0.25, 0.3) is 17.7 Å². The van der Waals surface area contributed by atoms with Gasteiger partial charge in [0.1, 0.15) is 0 Å². The smallest absolute Gasteiger partial charge is 0.262 e. The molecule has 1 N–H and O–H groups in total. The SMILES string of the molecule is CC(C)(C)c1ccc(C(=O)N2CCN(C(=O)C(NC(=O)c3cccs3)S(=O)(=O)c3ccccc3)CC2)cc1. The van der Waals surface area contributed by atoms with Crippen molar-refractivity contribution in [3.05, 3.63) is 88.1 Å². The molecule has 2 heterocycles. The lowest BCUT2D eigenvalue weighted by Crippen LogP contribution is -2.57. The van der Waals surface area contributed by atoms with Gasteiger partial charge in [-0.2, -0.15) is 0 Å². The monoisotopic (exact) mass is 553 g/mol. The second-order valence-electron chi connectivity index (χ2n) is 10.1. The van der Waals surface area contributed by atoms with Gasteiger partial charge in [-0.25, -0.2) is 8.42 Å². The minimum Gasteiger partial charge on any atom is -0.336 e. The number of benzene rings is 2. The van der Waals surface area contributed by atoms with E-state index in [1.807, 2.05) is 24.3 Å². The maximum atomic E-state index is 13.5. The fourth-order valence-corrected chi connectivity index (χ4v) is 6.32. The van der Waals surface area contributed by atoms with Gasteiger partial charge in [-0.1, -0.05) is 57.2 Å². The lowest BCUT2D eigenvalue weighted by atomic mass is 9.86. The zero-order chi connectivity index (χ0) is 27.5. The number of nitrogens with one attached hydrogen (secondary N) is 1. The van der Waals surface area contributed by atoms with Crippen LogP contribution in [0.3, 0.4) is 0 Å². The van der Waals surface area contributed by atoms with Gasteiger partial charge >= 0.3 is 0 Å². The maximum Gasteiger partial charge on any atom is 0.262 e. The van der Waals surface area contributed by atoms with E-state index in [0.29, 0.717) is 10.4 Å². The molecule has 0 spiro atoms. The van der Waals surface area contributed by atoms with Gasteiger partial charge in [-0.15, -0.1) is 11.3 Å². The first kappa shape index (κ1) is 27.5. The number of hydrogen-bond acceptors (Lipinski definition) is 6. The lowest BCUT2D eigenvalue weighted by Gasteiger charge is -2.36. The molecule has 1 atom stereocenters. The molecule has 1 fully saturated rings. The first-order valence-electron chi connectivity index (χ1n) is 12.3. The van der Waals surface area contributed by atoms with Crippen LogP contribution in [0.5, 0.6) is 0 Å². The van der Waals surface area contributed by atoms with E-state index in [2.05, 4.69) is 26.1 Å². The largest absolute Gasteiger partial charge is 0.336 e. The molecule has 1 saturated heterocycles. The van der Waals surface area contributed by atoms with Gasteiger partial charge in [0, 0.05) is 31.7 Å². The Bertz CT molecular complexity index is 1390. The van der Waals surface area contributed by atoms with Crippen LogP contribution in [0.1, 0.15) is 46.4 Å². The van der Waals surface area contributed by atoms with Crippen molar-refractivity contribution < 1.29 is 22.8 Å². The maximum absolute atomic E-state index is 13.5. The minimum atomic E-state index is -4.22. The Morgan fingerprint density at radius 1 is 0.842 bits per heavy atom. The standard InChI is InChI=1S/C28H31N3O5S2/c1-28(2,3)21-13-11-20(12-14-21)26(33)30-15-17-31(18-16-30)27(34)25(29-24(32)23-10-7-19-37-23)38(35,36)22-8-5-4-6-9-22/h4-14,19,25H,15-18H2,1-3H3,(H,29,32). The summed E-state index contributed by atoms with van der Waals surface area (Å²) in [5.41, 5.74) is 1.66. The molecule has 10 heteroatoms. The van der Waals surface area contributed by atoms with Crippen molar-refractivity contribution in [1.82, 2.24) is 15.1 Å². The Hall–Kier alpha value is -3.50. The van der Waals surface area contributed by atoms with Gasteiger partial charge in [-0.3, -0.25) is 14.4 Å². The van der Waals surface area contributed by atoms with Crippen LogP contribution in [0.15, 0.2) is 77.0 Å². The molecule has 1 aliphatic rings. The number of carbonyl (C=O) groups is 3. The van der Waals surface area contributed by atoms with E-state index < -0.39 is 27.0 Å². The highest BCUT2D eigenvalue weighted by atomic mass is 32.2. The molecule has 0 radical (unpaired) electrons. The molecule has 0 bridgehead atoms. The average molecular weight is 554 g/mol. The Kier molecular flexibility index (Phi) is 8.03. The van der Waals surface area contributed by atoms with Crippen LogP contribution in [0, 0.1) is 0 Å². The van der Waals surface area contributed by atoms with Crippen molar-refractivity contribution in [1.29, 1.82) is 0 Å². The molecule has 0 aliphatic carbocycles. The summed E-state index contributed by atoms with van der Waals surface area (Å²) in [6.45, 7) is 7.13. The van der Waals surface area contributed by atoms with E-state index in [1.54, 1.807) is 40.6 Å². The second kappa shape index (κ2) is 11.1. The quantitative estimate of drug-likeness (QED) is 0.503. The molecular weight excluding hydrogens is 522 g/mol. The summed E-state index contributed by atoms with van der Waals surface area (Å²) >= 11 is 1.15. The Balaban J connectivity index is 1.49. The number of amides is 3. The summed E-state index contributed by atoms with van der Waals surface area (Å²) < 4.78 is 26.9. The first-order valence-corrected chi connectivity index (χ1v) is 14.7. The second-order valence-corrected chi connectivity index (χ2v) is 13.1. The molecule has 1 aromatic heterocycles. The molecule has 2 aromatic carbocycles. The van der Waals surface area contributed by atoms with Crippen molar-refractivity contribution in [3.8, 4) is 0 Å². The molecule has 1 aliphatic heterocycles. The molecule has 8 nitrogen and oxygen atoms in total. The number of sulfone groups is 1. The third kappa shape index (κ3) is 5.97. The molecule has 0 saturated carbocycles. The van der Waals surface area contributed by atoms with Crippen LogP contribution in [0.2, 0.25) is 0 Å². The highest BCUT2D eigenvalue weighted by Crippen LogP contribution is 2.23. The molecule has 3 amide bonds. The third-order valence-electron chi connectivity index (χ3n) is 6.49. The van der Waals surface area contributed by atoms with Crippen LogP contribution in [0.25, 0.3) is 0 Å². The summed E-state index contributed by atoms with van der Waals surface area (Å²) in [6.07, 6.45) is 0. The third-order valence-corrected chi connectivity index (χ3v) is 9.23. The van der Waals surface area contributed by atoms with Crippen molar-refractivity contribution in [2.45, 2.75) is 36.5 Å². The van der Waals surface area contributed by atoms with Crippen LogP contribution in [-0.4, -0.2) is 67.5 Å². The molecule has 200 valence electrons. The van der Waals surface area contributed by atoms with Crippen LogP contribution < -0.4 is 5.32 Å². The van der Waals surface area contributed by atoms with Crippen LogP contribution in [-0.2, 0) is 20.0 Å². The Morgan fingerprint density at radius 3 is 2.00 bits per heavy atom. The van der Waals surface area contributed by atoms with Crippen molar-refractivity contribution in [3.63, 3.8) is 0 Å². The van der Waals surface area contributed by atoms with Gasteiger partial charge in [0.2, 0.25) is 15.2 Å². The zero-order valence-electron chi connectivity index (χ0n) is 21.6. The number of rotatable bonds is 6. The summed E-state index contributed by atoms with van der Waals surface area (Å²) in [4.78, 5) is 42.7. The highest BCUT2D eigenvalue weighted by molar-refractivity contribution is 7.92. The minimum absolute atomic E-state index is 0.0247. The predicted octanol–water partition coefficient (Wildman–Crippen LogP) is 3.56. The van der Waals surface area contributed by atoms with Gasteiger partial charge in [0.15, 0.2) is 0 Å².